The maximum absolute atomic E-state index is 12.4. The van der Waals surface area contributed by atoms with Crippen LogP contribution in [0.15, 0.2) is 42.6 Å². The van der Waals surface area contributed by atoms with E-state index in [1.54, 1.807) is 26.5 Å². The van der Waals surface area contributed by atoms with E-state index in [0.717, 1.165) is 18.7 Å². The molecule has 3 rings (SSSR count). The van der Waals surface area contributed by atoms with E-state index in [1.807, 2.05) is 23.1 Å². The van der Waals surface area contributed by atoms with Gasteiger partial charge in [0.05, 0.1) is 20.8 Å². The van der Waals surface area contributed by atoms with Crippen LogP contribution >= 0.6 is 0 Å². The van der Waals surface area contributed by atoms with Gasteiger partial charge in [-0.2, -0.15) is 0 Å². The van der Waals surface area contributed by atoms with Gasteiger partial charge in [0.1, 0.15) is 5.69 Å². The van der Waals surface area contributed by atoms with E-state index in [2.05, 4.69) is 17.1 Å². The number of ether oxygens (including phenoxy) is 2. The molecule has 1 amide bonds. The lowest BCUT2D eigenvalue weighted by Crippen LogP contribution is -2.25. The van der Waals surface area contributed by atoms with Gasteiger partial charge in [0.2, 0.25) is 5.91 Å². The van der Waals surface area contributed by atoms with Gasteiger partial charge in [-0.15, -0.1) is 0 Å². The molecule has 0 aliphatic carbocycles. The fourth-order valence-corrected chi connectivity index (χ4v) is 3.23. The number of carbonyl (C=O) groups is 1. The molecule has 24 heavy (non-hydrogen) atoms. The van der Waals surface area contributed by atoms with E-state index in [-0.39, 0.29) is 5.91 Å². The van der Waals surface area contributed by atoms with E-state index >= 15 is 0 Å². The van der Waals surface area contributed by atoms with Gasteiger partial charge in [0.25, 0.3) is 0 Å². The second kappa shape index (κ2) is 7.34. The highest BCUT2D eigenvalue weighted by Crippen LogP contribution is 2.31. The third-order valence-electron chi connectivity index (χ3n) is 4.37. The first-order chi connectivity index (χ1) is 11.7. The summed E-state index contributed by atoms with van der Waals surface area (Å²) >= 11 is 0. The Hall–Kier alpha value is -2.56. The van der Waals surface area contributed by atoms with E-state index in [4.69, 9.17) is 9.47 Å². The van der Waals surface area contributed by atoms with Crippen LogP contribution in [0.5, 0.6) is 11.5 Å². The van der Waals surface area contributed by atoms with Crippen LogP contribution < -0.4 is 9.47 Å². The van der Waals surface area contributed by atoms with Gasteiger partial charge < -0.3 is 14.4 Å². The summed E-state index contributed by atoms with van der Waals surface area (Å²) < 4.78 is 10.7. The maximum Gasteiger partial charge on any atom is 0.223 e. The van der Waals surface area contributed by atoms with Crippen LogP contribution in [0.3, 0.4) is 0 Å². The summed E-state index contributed by atoms with van der Waals surface area (Å²) in [5, 5.41) is 0. The number of amides is 1. The normalized spacial score (nSPS) is 17.2. The zero-order chi connectivity index (χ0) is 16.9. The molecule has 1 atom stereocenters. The molecule has 5 nitrogen and oxygen atoms in total. The van der Waals surface area contributed by atoms with Crippen molar-refractivity contribution in [2.24, 2.45) is 5.92 Å². The molecule has 5 heteroatoms. The summed E-state index contributed by atoms with van der Waals surface area (Å²) in [6.07, 6.45) is 3.19. The van der Waals surface area contributed by atoms with Crippen molar-refractivity contribution >= 4 is 5.91 Å². The molecule has 0 saturated carbocycles. The number of pyridine rings is 1. The molecule has 0 unspecified atom stereocenters. The second-order valence-electron chi connectivity index (χ2n) is 6.03. The molecule has 0 bridgehead atoms. The van der Waals surface area contributed by atoms with Gasteiger partial charge in [-0.25, -0.2) is 0 Å². The van der Waals surface area contributed by atoms with Crippen molar-refractivity contribution in [2.75, 3.05) is 20.8 Å². The Kier molecular flexibility index (Phi) is 4.99. The van der Waals surface area contributed by atoms with Crippen molar-refractivity contribution in [1.82, 2.24) is 9.88 Å². The molecule has 0 N–H and O–H groups in total. The van der Waals surface area contributed by atoms with E-state index in [9.17, 15) is 4.79 Å². The van der Waals surface area contributed by atoms with E-state index in [0.29, 0.717) is 30.4 Å². The van der Waals surface area contributed by atoms with Crippen LogP contribution in [0, 0.1) is 5.92 Å². The first-order valence-corrected chi connectivity index (χ1v) is 8.08. The fourth-order valence-electron chi connectivity index (χ4n) is 3.23. The Labute approximate surface area is 142 Å². The summed E-state index contributed by atoms with van der Waals surface area (Å²) in [4.78, 5) is 18.6. The fraction of sp³-hybridized carbons (Fsp3) is 0.368. The predicted octanol–water partition coefficient (Wildman–Crippen LogP) is 2.69. The quantitative estimate of drug-likeness (QED) is 0.819. The van der Waals surface area contributed by atoms with Crippen molar-refractivity contribution in [1.29, 1.82) is 0 Å². The lowest BCUT2D eigenvalue weighted by molar-refractivity contribution is -0.128. The minimum atomic E-state index is 0.169. The lowest BCUT2D eigenvalue weighted by atomic mass is 9.99. The minimum absolute atomic E-state index is 0.169. The number of methoxy groups -OCH3 is 2. The Morgan fingerprint density at radius 1 is 1.17 bits per heavy atom. The molecular formula is C19H22N2O3. The Balaban J connectivity index is 1.69. The molecule has 126 valence electrons. The van der Waals surface area contributed by atoms with Crippen molar-refractivity contribution in [3.05, 3.63) is 53.9 Å². The third-order valence-corrected chi connectivity index (χ3v) is 4.37. The van der Waals surface area contributed by atoms with Crippen LogP contribution in [0.25, 0.3) is 0 Å². The van der Waals surface area contributed by atoms with Crippen LogP contribution in [-0.2, 0) is 17.8 Å². The van der Waals surface area contributed by atoms with Gasteiger partial charge in [0, 0.05) is 25.2 Å². The first kappa shape index (κ1) is 16.3. The van der Waals surface area contributed by atoms with Gasteiger partial charge in [-0.1, -0.05) is 30.3 Å². The van der Waals surface area contributed by atoms with Gasteiger partial charge in [0.15, 0.2) is 11.5 Å². The van der Waals surface area contributed by atoms with Gasteiger partial charge in [-0.05, 0) is 17.9 Å². The maximum atomic E-state index is 12.4. The average Bonchev–Trinajstić information content (AvgIpc) is 2.94. The van der Waals surface area contributed by atoms with Crippen molar-refractivity contribution in [3.8, 4) is 11.5 Å². The van der Waals surface area contributed by atoms with Crippen molar-refractivity contribution in [2.45, 2.75) is 19.4 Å². The Bertz CT molecular complexity index is 703. The largest absolute Gasteiger partial charge is 0.493 e. The summed E-state index contributed by atoms with van der Waals surface area (Å²) in [6, 6.07) is 12.1. The van der Waals surface area contributed by atoms with Gasteiger partial charge in [-0.3, -0.25) is 9.78 Å². The zero-order valence-corrected chi connectivity index (χ0v) is 14.1. The van der Waals surface area contributed by atoms with Crippen LogP contribution in [0.2, 0.25) is 0 Å². The molecule has 1 aliphatic rings. The number of hydrogen-bond donors (Lipinski definition) is 0. The molecule has 1 aromatic carbocycles. The van der Waals surface area contributed by atoms with Crippen molar-refractivity contribution in [3.63, 3.8) is 0 Å². The zero-order valence-electron chi connectivity index (χ0n) is 14.1. The van der Waals surface area contributed by atoms with Crippen LogP contribution in [0.4, 0.5) is 0 Å². The lowest BCUT2D eigenvalue weighted by Gasteiger charge is -2.19. The number of nitrogens with zero attached hydrogens (tertiary/aromatic N) is 2. The highest BCUT2D eigenvalue weighted by atomic mass is 16.5. The second-order valence-corrected chi connectivity index (χ2v) is 6.03. The molecular weight excluding hydrogens is 304 g/mol. The van der Waals surface area contributed by atoms with Crippen molar-refractivity contribution < 1.29 is 14.3 Å². The average molecular weight is 326 g/mol. The number of hydrogen-bond acceptors (Lipinski definition) is 4. The first-order valence-electron chi connectivity index (χ1n) is 8.08. The third kappa shape index (κ3) is 3.50. The topological polar surface area (TPSA) is 51.7 Å². The summed E-state index contributed by atoms with van der Waals surface area (Å²) in [5.41, 5.74) is 2.00. The molecule has 1 saturated heterocycles. The Morgan fingerprint density at radius 3 is 2.67 bits per heavy atom. The number of likely N-dealkylation sites (tertiary alicyclic amines) is 1. The molecule has 1 aliphatic heterocycles. The van der Waals surface area contributed by atoms with Gasteiger partial charge >= 0.3 is 0 Å². The van der Waals surface area contributed by atoms with E-state index in [1.165, 1.54) is 5.56 Å². The smallest absolute Gasteiger partial charge is 0.223 e. The SMILES string of the molecule is COc1ccnc(CN2C[C@@H](Cc3ccccc3)CC2=O)c1OC. The minimum Gasteiger partial charge on any atom is -0.493 e. The summed E-state index contributed by atoms with van der Waals surface area (Å²) in [5.74, 6) is 1.74. The molecule has 1 aromatic heterocycles. The van der Waals surface area contributed by atoms with E-state index < -0.39 is 0 Å². The number of rotatable bonds is 6. The molecule has 0 spiro atoms. The highest BCUT2D eigenvalue weighted by Gasteiger charge is 2.30. The number of benzene rings is 1. The molecule has 2 heterocycles. The molecule has 2 aromatic rings. The number of carbonyl (C=O) groups excluding carboxylic acids is 1. The predicted molar refractivity (Wildman–Crippen MR) is 91.0 cm³/mol. The van der Waals surface area contributed by atoms with Crippen LogP contribution in [-0.4, -0.2) is 36.6 Å². The Morgan fingerprint density at radius 2 is 1.96 bits per heavy atom. The standard InChI is InChI=1S/C19H22N2O3/c1-23-17-8-9-20-16(19(17)24-2)13-21-12-15(11-18(21)22)10-14-6-4-3-5-7-14/h3-9,15H,10-13H2,1-2H3/t15-/m0/s1. The monoisotopic (exact) mass is 326 g/mol. The summed E-state index contributed by atoms with van der Waals surface area (Å²) in [6.45, 7) is 1.19. The molecule has 0 radical (unpaired) electrons. The molecule has 1 fully saturated rings. The van der Waals surface area contributed by atoms with Crippen LogP contribution in [0.1, 0.15) is 17.7 Å². The highest BCUT2D eigenvalue weighted by molar-refractivity contribution is 5.78. The summed E-state index contributed by atoms with van der Waals surface area (Å²) in [7, 11) is 3.19. The number of aromatic nitrogens is 1.